The number of carbonyl (C=O) groups is 1. The molecule has 0 aliphatic carbocycles. The van der Waals surface area contributed by atoms with Crippen molar-refractivity contribution < 1.29 is 38.0 Å². The van der Waals surface area contributed by atoms with Crippen molar-refractivity contribution in [2.75, 3.05) is 100 Å². The summed E-state index contributed by atoms with van der Waals surface area (Å²) in [7, 11) is 3.21. The van der Waals surface area contributed by atoms with Gasteiger partial charge in [0.05, 0.1) is 79.3 Å². The molecule has 0 heterocycles. The Labute approximate surface area is 150 Å². The Hall–Kier alpha value is -0.810. The van der Waals surface area contributed by atoms with E-state index in [-0.39, 0.29) is 12.5 Å². The molecular weight excluding hydrogens is 334 g/mol. The predicted octanol–water partition coefficient (Wildman–Crippen LogP) is -0.522. The fraction of sp³-hybridized carbons (Fsp3) is 0.938. The molecule has 0 bridgehead atoms. The van der Waals surface area contributed by atoms with Gasteiger partial charge in [-0.2, -0.15) is 0 Å². The van der Waals surface area contributed by atoms with Gasteiger partial charge in [0.25, 0.3) is 0 Å². The summed E-state index contributed by atoms with van der Waals surface area (Å²) in [5.74, 6) is -0.149. The van der Waals surface area contributed by atoms with E-state index in [0.29, 0.717) is 79.3 Å². The van der Waals surface area contributed by atoms with Crippen LogP contribution in [-0.2, 0) is 38.0 Å². The van der Waals surface area contributed by atoms with Crippen LogP contribution in [0.1, 0.15) is 0 Å². The molecule has 0 saturated carbocycles. The van der Waals surface area contributed by atoms with E-state index in [9.17, 15) is 4.79 Å². The van der Waals surface area contributed by atoms with Gasteiger partial charge in [-0.1, -0.05) is 0 Å². The van der Waals surface area contributed by atoms with Gasteiger partial charge < -0.3 is 38.5 Å². The van der Waals surface area contributed by atoms with Crippen LogP contribution in [0.25, 0.3) is 0 Å². The third kappa shape index (κ3) is 21.1. The van der Waals surface area contributed by atoms with E-state index in [4.69, 9.17) is 33.2 Å². The van der Waals surface area contributed by atoms with Gasteiger partial charge in [-0.15, -0.1) is 0 Å². The Bertz CT molecular complexity index is 281. The van der Waals surface area contributed by atoms with E-state index in [1.54, 1.807) is 14.2 Å². The lowest BCUT2D eigenvalue weighted by Crippen LogP contribution is -2.24. The normalized spacial score (nSPS) is 11.0. The summed E-state index contributed by atoms with van der Waals surface area (Å²) in [6.45, 7) is 6.23. The summed E-state index contributed by atoms with van der Waals surface area (Å²) in [5, 5.41) is 2.47. The summed E-state index contributed by atoms with van der Waals surface area (Å²) in [5.41, 5.74) is 0. The Kier molecular flexibility index (Phi) is 20.5. The van der Waals surface area contributed by atoms with Crippen LogP contribution in [0.4, 0.5) is 0 Å². The van der Waals surface area contributed by atoms with Gasteiger partial charge in [0, 0.05) is 14.2 Å². The SMILES string of the molecule is CNC(=O)COCCOCCOCCOCCOCCOCCOC. The molecule has 1 amide bonds. The van der Waals surface area contributed by atoms with Crippen molar-refractivity contribution >= 4 is 5.91 Å². The number of rotatable bonds is 20. The number of amides is 1. The second-order valence-corrected chi connectivity index (χ2v) is 4.78. The highest BCUT2D eigenvalue weighted by molar-refractivity contribution is 5.76. The van der Waals surface area contributed by atoms with Crippen LogP contribution in [0.15, 0.2) is 0 Å². The first-order valence-electron chi connectivity index (χ1n) is 8.47. The summed E-state index contributed by atoms with van der Waals surface area (Å²) < 4.78 is 36.5. The zero-order valence-electron chi connectivity index (χ0n) is 15.5. The largest absolute Gasteiger partial charge is 0.382 e. The summed E-state index contributed by atoms with van der Waals surface area (Å²) in [4.78, 5) is 10.9. The Morgan fingerprint density at radius 3 is 1.24 bits per heavy atom. The highest BCUT2D eigenvalue weighted by Crippen LogP contribution is 1.84. The Morgan fingerprint density at radius 1 is 0.600 bits per heavy atom. The van der Waals surface area contributed by atoms with Crippen molar-refractivity contribution in [3.8, 4) is 0 Å². The molecule has 0 fully saturated rings. The Morgan fingerprint density at radius 2 is 0.920 bits per heavy atom. The number of hydrogen-bond acceptors (Lipinski definition) is 8. The minimum Gasteiger partial charge on any atom is -0.382 e. The van der Waals surface area contributed by atoms with E-state index >= 15 is 0 Å². The van der Waals surface area contributed by atoms with E-state index in [0.717, 1.165) is 0 Å². The maximum atomic E-state index is 10.9. The maximum absolute atomic E-state index is 10.9. The molecule has 0 spiro atoms. The van der Waals surface area contributed by atoms with Crippen molar-refractivity contribution in [1.29, 1.82) is 0 Å². The summed E-state index contributed by atoms with van der Waals surface area (Å²) in [6.07, 6.45) is 0. The quantitative estimate of drug-likeness (QED) is 0.287. The van der Waals surface area contributed by atoms with Crippen molar-refractivity contribution in [2.45, 2.75) is 0 Å². The Balaban J connectivity index is 2.99. The minimum absolute atomic E-state index is 0.0538. The maximum Gasteiger partial charge on any atom is 0.245 e. The summed E-state index contributed by atoms with van der Waals surface area (Å²) >= 11 is 0. The lowest BCUT2D eigenvalue weighted by Gasteiger charge is -2.08. The molecule has 1 N–H and O–H groups in total. The highest BCUT2D eigenvalue weighted by Gasteiger charge is 1.97. The molecule has 0 aromatic carbocycles. The molecule has 0 atom stereocenters. The topological polar surface area (TPSA) is 93.7 Å². The van der Waals surface area contributed by atoms with Gasteiger partial charge in [0.2, 0.25) is 5.91 Å². The van der Waals surface area contributed by atoms with Gasteiger partial charge in [0.15, 0.2) is 0 Å². The van der Waals surface area contributed by atoms with E-state index < -0.39 is 0 Å². The van der Waals surface area contributed by atoms with E-state index in [1.165, 1.54) is 0 Å². The van der Waals surface area contributed by atoms with Crippen molar-refractivity contribution in [3.63, 3.8) is 0 Å². The van der Waals surface area contributed by atoms with Crippen LogP contribution in [0.2, 0.25) is 0 Å². The summed E-state index contributed by atoms with van der Waals surface area (Å²) in [6, 6.07) is 0. The molecule has 25 heavy (non-hydrogen) atoms. The van der Waals surface area contributed by atoms with Crippen LogP contribution in [0, 0.1) is 0 Å². The third-order valence-electron chi connectivity index (χ3n) is 2.80. The van der Waals surface area contributed by atoms with Crippen LogP contribution in [-0.4, -0.2) is 106 Å². The third-order valence-corrected chi connectivity index (χ3v) is 2.80. The van der Waals surface area contributed by atoms with Crippen LogP contribution >= 0.6 is 0 Å². The lowest BCUT2D eigenvalue weighted by atomic mass is 10.6. The van der Waals surface area contributed by atoms with E-state index in [2.05, 4.69) is 5.32 Å². The van der Waals surface area contributed by atoms with Crippen LogP contribution in [0.3, 0.4) is 0 Å². The van der Waals surface area contributed by atoms with Gasteiger partial charge in [-0.25, -0.2) is 0 Å². The fourth-order valence-corrected chi connectivity index (χ4v) is 1.48. The first-order valence-corrected chi connectivity index (χ1v) is 8.47. The van der Waals surface area contributed by atoms with E-state index in [1.807, 2.05) is 0 Å². The van der Waals surface area contributed by atoms with Gasteiger partial charge in [-0.3, -0.25) is 4.79 Å². The second-order valence-electron chi connectivity index (χ2n) is 4.78. The van der Waals surface area contributed by atoms with Gasteiger partial charge >= 0.3 is 0 Å². The number of hydrogen-bond donors (Lipinski definition) is 1. The monoisotopic (exact) mass is 367 g/mol. The minimum atomic E-state index is -0.149. The number of likely N-dealkylation sites (N-methyl/N-ethyl adjacent to an activating group) is 1. The average molecular weight is 367 g/mol. The highest BCUT2D eigenvalue weighted by atomic mass is 16.6. The van der Waals surface area contributed by atoms with Crippen molar-refractivity contribution in [1.82, 2.24) is 5.32 Å². The molecule has 0 aromatic heterocycles. The molecule has 150 valence electrons. The molecule has 0 radical (unpaired) electrons. The molecule has 0 aromatic rings. The number of nitrogens with one attached hydrogen (secondary N) is 1. The molecule has 9 heteroatoms. The molecule has 0 aliphatic rings. The van der Waals surface area contributed by atoms with Crippen molar-refractivity contribution in [3.05, 3.63) is 0 Å². The predicted molar refractivity (Wildman–Crippen MR) is 90.9 cm³/mol. The average Bonchev–Trinajstić information content (AvgIpc) is 2.63. The molecule has 9 nitrogen and oxygen atoms in total. The standard InChI is InChI=1S/C16H33NO8/c1-17-16(18)15-25-14-13-24-12-11-23-10-9-22-8-7-21-6-5-20-4-3-19-2/h3-15H2,1-2H3,(H,17,18). The lowest BCUT2D eigenvalue weighted by molar-refractivity contribution is -0.125. The smallest absolute Gasteiger partial charge is 0.245 e. The molecular formula is C16H33NO8. The molecule has 0 aliphatic heterocycles. The van der Waals surface area contributed by atoms with Gasteiger partial charge in [-0.05, 0) is 0 Å². The zero-order valence-corrected chi connectivity index (χ0v) is 15.5. The number of carbonyl (C=O) groups excluding carboxylic acids is 1. The van der Waals surface area contributed by atoms with Crippen LogP contribution < -0.4 is 5.32 Å². The van der Waals surface area contributed by atoms with Crippen molar-refractivity contribution in [2.24, 2.45) is 0 Å². The van der Waals surface area contributed by atoms with Crippen LogP contribution in [0.5, 0.6) is 0 Å². The second kappa shape index (κ2) is 21.2. The first kappa shape index (κ1) is 24.2. The number of methoxy groups -OCH3 is 1. The molecule has 0 saturated heterocycles. The molecule has 0 unspecified atom stereocenters. The first-order chi connectivity index (χ1) is 12.3. The fourth-order valence-electron chi connectivity index (χ4n) is 1.48. The molecule has 0 rings (SSSR count). The number of ether oxygens (including phenoxy) is 7. The van der Waals surface area contributed by atoms with Gasteiger partial charge in [0.1, 0.15) is 6.61 Å². The zero-order chi connectivity index (χ0) is 18.4.